The van der Waals surface area contributed by atoms with E-state index in [9.17, 15) is 9.18 Å². The molecule has 1 fully saturated rings. The molecule has 1 aliphatic heterocycles. The van der Waals surface area contributed by atoms with E-state index in [1.807, 2.05) is 6.07 Å². The number of hydrogen-bond donors (Lipinski definition) is 2. The van der Waals surface area contributed by atoms with Gasteiger partial charge in [0.1, 0.15) is 5.82 Å². The molecule has 2 amide bonds. The molecule has 1 aliphatic rings. The Kier molecular flexibility index (Phi) is 5.25. The van der Waals surface area contributed by atoms with Crippen LogP contribution in [0.5, 0.6) is 0 Å². The van der Waals surface area contributed by atoms with Gasteiger partial charge in [-0.05, 0) is 43.0 Å². The van der Waals surface area contributed by atoms with Crippen LogP contribution in [0.3, 0.4) is 0 Å². The van der Waals surface area contributed by atoms with E-state index in [2.05, 4.69) is 20.5 Å². The summed E-state index contributed by atoms with van der Waals surface area (Å²) in [7, 11) is 0. The average Bonchev–Trinajstić information content (AvgIpc) is 3.11. The fourth-order valence-corrected chi connectivity index (χ4v) is 2.85. The topological polar surface area (TPSA) is 57.3 Å². The zero-order chi connectivity index (χ0) is 16.8. The Morgan fingerprint density at radius 3 is 2.75 bits per heavy atom. The molecule has 5 nitrogen and oxygen atoms in total. The van der Waals surface area contributed by atoms with Crippen LogP contribution in [0.15, 0.2) is 42.6 Å². The quantitative estimate of drug-likeness (QED) is 0.886. The number of aromatic nitrogens is 1. The molecule has 6 heteroatoms. The van der Waals surface area contributed by atoms with Crippen molar-refractivity contribution >= 4 is 17.5 Å². The van der Waals surface area contributed by atoms with E-state index >= 15 is 0 Å². The molecule has 2 heterocycles. The van der Waals surface area contributed by atoms with E-state index in [1.165, 1.54) is 6.07 Å². The first kappa shape index (κ1) is 16.2. The number of amides is 2. The second kappa shape index (κ2) is 7.77. The second-order valence-corrected chi connectivity index (χ2v) is 5.79. The molecule has 1 aromatic carbocycles. The molecule has 3 rings (SSSR count). The monoisotopic (exact) mass is 328 g/mol. The summed E-state index contributed by atoms with van der Waals surface area (Å²) in [6.07, 6.45) is 4.47. The van der Waals surface area contributed by atoms with Crippen molar-refractivity contribution in [2.45, 2.75) is 19.3 Å². The molecule has 1 aromatic heterocycles. The first-order valence-electron chi connectivity index (χ1n) is 8.22. The summed E-state index contributed by atoms with van der Waals surface area (Å²) < 4.78 is 13.5. The van der Waals surface area contributed by atoms with Crippen molar-refractivity contribution < 1.29 is 9.18 Å². The number of urea groups is 1. The zero-order valence-electron chi connectivity index (χ0n) is 13.5. The second-order valence-electron chi connectivity index (χ2n) is 5.79. The van der Waals surface area contributed by atoms with Crippen molar-refractivity contribution in [3.63, 3.8) is 0 Å². The van der Waals surface area contributed by atoms with Gasteiger partial charge in [0.2, 0.25) is 0 Å². The van der Waals surface area contributed by atoms with Gasteiger partial charge in [0.15, 0.2) is 5.82 Å². The number of pyridine rings is 1. The van der Waals surface area contributed by atoms with Gasteiger partial charge in [-0.15, -0.1) is 0 Å². The predicted octanol–water partition coefficient (Wildman–Crippen LogP) is 3.19. The van der Waals surface area contributed by atoms with Gasteiger partial charge in [0.25, 0.3) is 0 Å². The van der Waals surface area contributed by atoms with E-state index in [-0.39, 0.29) is 11.8 Å². The number of rotatable bonds is 5. The van der Waals surface area contributed by atoms with Gasteiger partial charge in [-0.25, -0.2) is 14.2 Å². The molecule has 0 atom stereocenters. The third kappa shape index (κ3) is 4.01. The SMILES string of the molecule is O=C(NCCc1ccccc1F)Nc1cccnc1N1CCCC1. The Balaban J connectivity index is 1.54. The van der Waals surface area contributed by atoms with Crippen molar-refractivity contribution in [2.75, 3.05) is 29.9 Å². The lowest BCUT2D eigenvalue weighted by molar-refractivity contribution is 0.252. The number of carbonyl (C=O) groups is 1. The fourth-order valence-electron chi connectivity index (χ4n) is 2.85. The summed E-state index contributed by atoms with van der Waals surface area (Å²) >= 11 is 0. The van der Waals surface area contributed by atoms with Crippen molar-refractivity contribution in [3.8, 4) is 0 Å². The molecule has 0 saturated carbocycles. The van der Waals surface area contributed by atoms with Crippen molar-refractivity contribution in [3.05, 3.63) is 54.0 Å². The van der Waals surface area contributed by atoms with Gasteiger partial charge < -0.3 is 15.5 Å². The van der Waals surface area contributed by atoms with Gasteiger partial charge in [0.05, 0.1) is 5.69 Å². The van der Waals surface area contributed by atoms with Crippen LogP contribution in [0.2, 0.25) is 0 Å². The Morgan fingerprint density at radius 2 is 1.96 bits per heavy atom. The minimum absolute atomic E-state index is 0.247. The number of nitrogens with one attached hydrogen (secondary N) is 2. The molecule has 0 spiro atoms. The van der Waals surface area contributed by atoms with Gasteiger partial charge in [-0.2, -0.15) is 0 Å². The summed E-state index contributed by atoms with van der Waals surface area (Å²) in [5.41, 5.74) is 1.29. The number of nitrogens with zero attached hydrogens (tertiary/aromatic N) is 2. The van der Waals surface area contributed by atoms with Crippen LogP contribution < -0.4 is 15.5 Å². The maximum atomic E-state index is 13.5. The number of halogens is 1. The number of anilines is 2. The molecule has 24 heavy (non-hydrogen) atoms. The van der Waals surface area contributed by atoms with E-state index < -0.39 is 0 Å². The standard InChI is InChI=1S/C18H21FN4O/c19-15-7-2-1-6-14(15)9-11-21-18(24)22-16-8-5-10-20-17(16)23-12-3-4-13-23/h1-2,5-8,10H,3-4,9,11-13H2,(H2,21,22,24). The van der Waals surface area contributed by atoms with Gasteiger partial charge in [0, 0.05) is 25.8 Å². The highest BCUT2D eigenvalue weighted by molar-refractivity contribution is 5.92. The molecular formula is C18H21FN4O. The molecule has 0 bridgehead atoms. The molecule has 0 radical (unpaired) electrons. The highest BCUT2D eigenvalue weighted by Crippen LogP contribution is 2.25. The first-order valence-corrected chi connectivity index (χ1v) is 8.22. The first-order chi connectivity index (χ1) is 11.7. The van der Waals surface area contributed by atoms with E-state index in [0.717, 1.165) is 31.7 Å². The van der Waals surface area contributed by atoms with Crippen molar-refractivity contribution in [2.24, 2.45) is 0 Å². The van der Waals surface area contributed by atoms with Crippen LogP contribution in [0.1, 0.15) is 18.4 Å². The minimum Gasteiger partial charge on any atom is -0.355 e. The predicted molar refractivity (Wildman–Crippen MR) is 92.8 cm³/mol. The molecule has 2 aromatic rings. The Hall–Kier alpha value is -2.63. The minimum atomic E-state index is -0.306. The third-order valence-corrected chi connectivity index (χ3v) is 4.08. The fraction of sp³-hybridized carbons (Fsp3) is 0.333. The number of carbonyl (C=O) groups excluding carboxylic acids is 1. The molecule has 2 N–H and O–H groups in total. The van der Waals surface area contributed by atoms with Crippen LogP contribution in [-0.4, -0.2) is 30.6 Å². The van der Waals surface area contributed by atoms with E-state index in [0.29, 0.717) is 24.2 Å². The Morgan fingerprint density at radius 1 is 1.17 bits per heavy atom. The molecule has 0 unspecified atom stereocenters. The average molecular weight is 328 g/mol. The van der Waals surface area contributed by atoms with Crippen molar-refractivity contribution in [1.29, 1.82) is 0 Å². The smallest absolute Gasteiger partial charge is 0.319 e. The highest BCUT2D eigenvalue weighted by atomic mass is 19.1. The van der Waals surface area contributed by atoms with Crippen LogP contribution in [-0.2, 0) is 6.42 Å². The number of benzene rings is 1. The van der Waals surface area contributed by atoms with Gasteiger partial charge in [-0.3, -0.25) is 0 Å². The molecule has 126 valence electrons. The van der Waals surface area contributed by atoms with Gasteiger partial charge in [-0.1, -0.05) is 18.2 Å². The molecule has 0 aliphatic carbocycles. The summed E-state index contributed by atoms with van der Waals surface area (Å²) in [4.78, 5) is 18.7. The van der Waals surface area contributed by atoms with Crippen LogP contribution in [0.25, 0.3) is 0 Å². The lowest BCUT2D eigenvalue weighted by Crippen LogP contribution is -2.31. The lowest BCUT2D eigenvalue weighted by Gasteiger charge is -2.20. The number of hydrogen-bond acceptors (Lipinski definition) is 3. The Labute approximate surface area is 140 Å². The van der Waals surface area contributed by atoms with Crippen LogP contribution in [0, 0.1) is 5.82 Å². The third-order valence-electron chi connectivity index (χ3n) is 4.08. The van der Waals surface area contributed by atoms with Crippen LogP contribution >= 0.6 is 0 Å². The molecule has 1 saturated heterocycles. The zero-order valence-corrected chi connectivity index (χ0v) is 13.5. The molecular weight excluding hydrogens is 307 g/mol. The maximum Gasteiger partial charge on any atom is 0.319 e. The van der Waals surface area contributed by atoms with E-state index in [4.69, 9.17) is 0 Å². The van der Waals surface area contributed by atoms with Crippen LogP contribution in [0.4, 0.5) is 20.7 Å². The summed E-state index contributed by atoms with van der Waals surface area (Å²) in [5.74, 6) is 0.558. The van der Waals surface area contributed by atoms with Crippen molar-refractivity contribution in [1.82, 2.24) is 10.3 Å². The Bertz CT molecular complexity index is 701. The van der Waals surface area contributed by atoms with E-state index in [1.54, 1.807) is 30.5 Å². The highest BCUT2D eigenvalue weighted by Gasteiger charge is 2.17. The normalized spacial score (nSPS) is 13.8. The summed E-state index contributed by atoms with van der Waals surface area (Å²) in [6.45, 7) is 2.28. The summed E-state index contributed by atoms with van der Waals surface area (Å²) in [6, 6.07) is 9.93. The van der Waals surface area contributed by atoms with Gasteiger partial charge >= 0.3 is 6.03 Å². The maximum absolute atomic E-state index is 13.5. The lowest BCUT2D eigenvalue weighted by atomic mass is 10.1. The summed E-state index contributed by atoms with van der Waals surface area (Å²) in [5, 5.41) is 5.60. The largest absolute Gasteiger partial charge is 0.355 e.